The lowest BCUT2D eigenvalue weighted by Gasteiger charge is -2.30. The van der Waals surface area contributed by atoms with Gasteiger partial charge in [0, 0.05) is 38.3 Å². The largest absolute Gasteiger partial charge is 0.492 e. The first-order valence-electron chi connectivity index (χ1n) is 12.4. The molecule has 0 amide bonds. The Kier molecular flexibility index (Phi) is 9.77. The molecule has 188 valence electrons. The van der Waals surface area contributed by atoms with Crippen molar-refractivity contribution >= 4 is 0 Å². The molecule has 0 aromatic heterocycles. The monoisotopic (exact) mass is 470 g/mol. The van der Waals surface area contributed by atoms with Gasteiger partial charge in [0.05, 0.1) is 13.2 Å². The summed E-state index contributed by atoms with van der Waals surface area (Å²) < 4.78 is 17.6. The number of β-amino-alcohol motifs (C(OH)–C–C–N with tert-alkyl or cyclic N) is 1. The molecule has 0 saturated carbocycles. The molecule has 0 radical (unpaired) electrons. The van der Waals surface area contributed by atoms with Crippen LogP contribution in [0.5, 0.6) is 11.5 Å². The van der Waals surface area contributed by atoms with Crippen LogP contribution in [-0.2, 0) is 11.3 Å². The Morgan fingerprint density at radius 2 is 1.76 bits per heavy atom. The zero-order valence-electron chi connectivity index (χ0n) is 21.5. The summed E-state index contributed by atoms with van der Waals surface area (Å²) >= 11 is 0. The van der Waals surface area contributed by atoms with E-state index in [-0.39, 0.29) is 13.2 Å². The van der Waals surface area contributed by atoms with E-state index in [0.29, 0.717) is 31.8 Å². The molecular formula is C28H42N2O4. The third-order valence-corrected chi connectivity index (χ3v) is 6.21. The third-order valence-electron chi connectivity index (χ3n) is 6.21. The van der Waals surface area contributed by atoms with Gasteiger partial charge in [-0.25, -0.2) is 0 Å². The first-order chi connectivity index (χ1) is 16.2. The minimum absolute atomic E-state index is 0.198. The van der Waals surface area contributed by atoms with Crippen molar-refractivity contribution in [2.24, 2.45) is 0 Å². The fourth-order valence-corrected chi connectivity index (χ4v) is 4.47. The van der Waals surface area contributed by atoms with Gasteiger partial charge in [-0.3, -0.25) is 9.80 Å². The van der Waals surface area contributed by atoms with Crippen LogP contribution in [0.25, 0.3) is 0 Å². The third kappa shape index (κ3) is 8.27. The molecule has 1 aliphatic rings. The zero-order valence-corrected chi connectivity index (χ0v) is 21.5. The molecule has 2 aromatic carbocycles. The van der Waals surface area contributed by atoms with Gasteiger partial charge in [0.2, 0.25) is 0 Å². The number of rotatable bonds is 11. The Hall–Kier alpha value is -2.12. The number of hydrogen-bond donors (Lipinski definition) is 1. The summed E-state index contributed by atoms with van der Waals surface area (Å²) in [6.45, 7) is 15.6. The summed E-state index contributed by atoms with van der Waals surface area (Å²) in [4.78, 5) is 4.66. The van der Waals surface area contributed by atoms with E-state index in [1.165, 1.54) is 5.56 Å². The van der Waals surface area contributed by atoms with E-state index in [9.17, 15) is 5.11 Å². The van der Waals surface area contributed by atoms with Crippen LogP contribution < -0.4 is 9.47 Å². The molecule has 0 bridgehead atoms. The summed E-state index contributed by atoms with van der Waals surface area (Å²) in [6, 6.07) is 17.2. The number of aryl methyl sites for hydroxylation is 1. The van der Waals surface area contributed by atoms with Crippen molar-refractivity contribution in [3.63, 3.8) is 0 Å². The minimum Gasteiger partial charge on any atom is -0.492 e. The summed E-state index contributed by atoms with van der Waals surface area (Å²) in [7, 11) is 0. The molecule has 0 aliphatic carbocycles. The highest BCUT2D eigenvalue weighted by Gasteiger charge is 2.33. The predicted octanol–water partition coefficient (Wildman–Crippen LogP) is 4.13. The molecule has 1 N–H and O–H groups in total. The first kappa shape index (κ1) is 26.5. The maximum atomic E-state index is 11.2. The lowest BCUT2D eigenvalue weighted by molar-refractivity contribution is -0.0646. The summed E-state index contributed by atoms with van der Waals surface area (Å²) in [5.74, 6) is 1.66. The standard InChI is InChI=1S/C28H42N2O4/c1-22(2)30(23(3)4)14-16-33-26-11-9-25(10-12-26)18-29-13-15-32-20-28(31,19-29)21-34-27-8-6-7-24(5)17-27/h6-12,17,22-23,31H,13-16,18-21H2,1-5H3. The highest BCUT2D eigenvalue weighted by molar-refractivity contribution is 5.28. The lowest BCUT2D eigenvalue weighted by atomic mass is 10.1. The van der Waals surface area contributed by atoms with Crippen molar-refractivity contribution in [3.8, 4) is 11.5 Å². The number of benzene rings is 2. The maximum Gasteiger partial charge on any atom is 0.134 e. The Balaban J connectivity index is 1.50. The van der Waals surface area contributed by atoms with Gasteiger partial charge in [-0.15, -0.1) is 0 Å². The van der Waals surface area contributed by atoms with Crippen molar-refractivity contribution in [1.29, 1.82) is 0 Å². The number of aliphatic hydroxyl groups is 1. The number of ether oxygens (including phenoxy) is 3. The fraction of sp³-hybridized carbons (Fsp3) is 0.571. The maximum absolute atomic E-state index is 11.2. The van der Waals surface area contributed by atoms with Crippen molar-refractivity contribution in [3.05, 3.63) is 59.7 Å². The zero-order chi connectivity index (χ0) is 24.6. The van der Waals surface area contributed by atoms with Crippen molar-refractivity contribution in [2.45, 2.75) is 58.8 Å². The van der Waals surface area contributed by atoms with E-state index < -0.39 is 5.60 Å². The second kappa shape index (κ2) is 12.5. The molecule has 1 atom stereocenters. The van der Waals surface area contributed by atoms with Crippen LogP contribution in [0.1, 0.15) is 38.8 Å². The topological polar surface area (TPSA) is 54.4 Å². The Bertz CT molecular complexity index is 863. The van der Waals surface area contributed by atoms with Crippen LogP contribution in [0.2, 0.25) is 0 Å². The molecule has 3 rings (SSSR count). The van der Waals surface area contributed by atoms with Crippen LogP contribution in [-0.4, -0.2) is 78.7 Å². The van der Waals surface area contributed by atoms with Gasteiger partial charge < -0.3 is 19.3 Å². The molecule has 0 spiro atoms. The summed E-state index contributed by atoms with van der Waals surface area (Å²) in [6.07, 6.45) is 0. The van der Waals surface area contributed by atoms with Crippen LogP contribution >= 0.6 is 0 Å². The van der Waals surface area contributed by atoms with Gasteiger partial charge >= 0.3 is 0 Å². The molecule has 1 heterocycles. The van der Waals surface area contributed by atoms with Gasteiger partial charge in [0.15, 0.2) is 0 Å². The van der Waals surface area contributed by atoms with E-state index >= 15 is 0 Å². The lowest BCUT2D eigenvalue weighted by Crippen LogP contribution is -2.48. The molecule has 1 unspecified atom stereocenters. The van der Waals surface area contributed by atoms with E-state index in [1.54, 1.807) is 0 Å². The predicted molar refractivity (Wildman–Crippen MR) is 137 cm³/mol. The molecule has 2 aromatic rings. The normalized spacial score (nSPS) is 19.6. The SMILES string of the molecule is Cc1cccc(OCC2(O)COCCN(Cc3ccc(OCCN(C(C)C)C(C)C)cc3)C2)c1. The number of hydrogen-bond acceptors (Lipinski definition) is 6. The molecule has 1 saturated heterocycles. The van der Waals surface area contributed by atoms with Gasteiger partial charge in [0.25, 0.3) is 0 Å². The van der Waals surface area contributed by atoms with Crippen LogP contribution in [0, 0.1) is 6.92 Å². The highest BCUT2D eigenvalue weighted by atomic mass is 16.5. The summed E-state index contributed by atoms with van der Waals surface area (Å²) in [5.41, 5.74) is 1.26. The van der Waals surface area contributed by atoms with Crippen molar-refractivity contribution < 1.29 is 19.3 Å². The van der Waals surface area contributed by atoms with Gasteiger partial charge in [0.1, 0.15) is 30.3 Å². The molecule has 1 fully saturated rings. The van der Waals surface area contributed by atoms with Gasteiger partial charge in [-0.1, -0.05) is 24.3 Å². The van der Waals surface area contributed by atoms with Crippen LogP contribution in [0.3, 0.4) is 0 Å². The smallest absolute Gasteiger partial charge is 0.134 e. The highest BCUT2D eigenvalue weighted by Crippen LogP contribution is 2.20. The second-order valence-corrected chi connectivity index (χ2v) is 10.0. The Morgan fingerprint density at radius 3 is 2.44 bits per heavy atom. The molecule has 1 aliphatic heterocycles. The minimum atomic E-state index is -1.05. The Morgan fingerprint density at radius 1 is 1.03 bits per heavy atom. The van der Waals surface area contributed by atoms with Crippen molar-refractivity contribution in [1.82, 2.24) is 9.80 Å². The van der Waals surface area contributed by atoms with Gasteiger partial charge in [-0.05, 0) is 70.0 Å². The fourth-order valence-electron chi connectivity index (χ4n) is 4.47. The van der Waals surface area contributed by atoms with E-state index in [2.05, 4.69) is 49.6 Å². The average Bonchev–Trinajstić information content (AvgIpc) is 2.97. The molecule has 6 nitrogen and oxygen atoms in total. The quantitative estimate of drug-likeness (QED) is 0.533. The summed E-state index contributed by atoms with van der Waals surface area (Å²) in [5, 5.41) is 11.2. The molecule has 6 heteroatoms. The average molecular weight is 471 g/mol. The van der Waals surface area contributed by atoms with E-state index in [4.69, 9.17) is 14.2 Å². The Labute approximate surface area is 205 Å². The second-order valence-electron chi connectivity index (χ2n) is 10.0. The first-order valence-corrected chi connectivity index (χ1v) is 12.4. The van der Waals surface area contributed by atoms with Crippen LogP contribution in [0.15, 0.2) is 48.5 Å². The van der Waals surface area contributed by atoms with E-state index in [1.807, 2.05) is 43.3 Å². The van der Waals surface area contributed by atoms with Crippen molar-refractivity contribution in [2.75, 3.05) is 46.1 Å². The molecular weight excluding hydrogens is 428 g/mol. The van der Waals surface area contributed by atoms with Gasteiger partial charge in [-0.2, -0.15) is 0 Å². The van der Waals surface area contributed by atoms with Crippen LogP contribution in [0.4, 0.5) is 0 Å². The van der Waals surface area contributed by atoms with E-state index in [0.717, 1.165) is 36.7 Å². The molecule has 34 heavy (non-hydrogen) atoms. The number of nitrogens with zero attached hydrogens (tertiary/aromatic N) is 2.